The van der Waals surface area contributed by atoms with Gasteiger partial charge in [-0.05, 0) is 49.6 Å². The minimum atomic E-state index is -0.0761. The average molecular weight is 347 g/mol. The molecule has 0 unspecified atom stereocenters. The molecule has 2 N–H and O–H groups in total. The van der Waals surface area contributed by atoms with Crippen LogP contribution in [-0.4, -0.2) is 19.6 Å². The van der Waals surface area contributed by atoms with Crippen molar-refractivity contribution < 1.29 is 9.53 Å². The normalized spacial score (nSPS) is 10.4. The van der Waals surface area contributed by atoms with Gasteiger partial charge in [0.25, 0.3) is 0 Å². The van der Waals surface area contributed by atoms with Crippen molar-refractivity contribution in [1.29, 1.82) is 0 Å². The number of ether oxygens (including phenoxy) is 1. The highest BCUT2D eigenvalue weighted by Crippen LogP contribution is 2.31. The van der Waals surface area contributed by atoms with Crippen LogP contribution < -0.4 is 15.4 Å². The Morgan fingerprint density at radius 1 is 1.08 bits per heavy atom. The lowest BCUT2D eigenvalue weighted by Crippen LogP contribution is -2.17. The second-order valence-electron chi connectivity index (χ2n) is 5.85. The number of aryl methyl sites for hydroxylation is 3. The first-order chi connectivity index (χ1) is 11.4. The number of carbonyl (C=O) groups is 1. The molecule has 0 atom stereocenters. The zero-order valence-electron chi connectivity index (χ0n) is 14.5. The second kappa shape index (κ2) is 8.06. The van der Waals surface area contributed by atoms with Crippen molar-refractivity contribution in [2.24, 2.45) is 0 Å². The fraction of sp³-hybridized carbons (Fsp3) is 0.316. The molecule has 5 heteroatoms. The monoisotopic (exact) mass is 346 g/mol. The molecule has 0 saturated carbocycles. The summed E-state index contributed by atoms with van der Waals surface area (Å²) in [5.74, 6) is 0.481. The largest absolute Gasteiger partial charge is 0.495 e. The van der Waals surface area contributed by atoms with Crippen molar-refractivity contribution in [2.45, 2.75) is 27.2 Å². The number of halogens is 1. The molecule has 2 aromatic rings. The molecule has 0 spiro atoms. The van der Waals surface area contributed by atoms with Gasteiger partial charge in [-0.3, -0.25) is 4.79 Å². The summed E-state index contributed by atoms with van der Waals surface area (Å²) in [6.07, 6.45) is 0.359. The van der Waals surface area contributed by atoms with E-state index in [0.29, 0.717) is 29.4 Å². The van der Waals surface area contributed by atoms with E-state index >= 15 is 0 Å². The Balaban J connectivity index is 1.94. The van der Waals surface area contributed by atoms with E-state index in [2.05, 4.69) is 28.8 Å². The Morgan fingerprint density at radius 2 is 1.83 bits per heavy atom. The number of nitrogens with one attached hydrogen (secondary N) is 2. The lowest BCUT2D eigenvalue weighted by molar-refractivity contribution is -0.116. The molecule has 128 valence electrons. The Kier molecular flexibility index (Phi) is 6.10. The molecule has 24 heavy (non-hydrogen) atoms. The van der Waals surface area contributed by atoms with Gasteiger partial charge >= 0.3 is 0 Å². The molecule has 2 aromatic carbocycles. The average Bonchev–Trinajstić information content (AvgIpc) is 2.54. The van der Waals surface area contributed by atoms with Crippen molar-refractivity contribution in [1.82, 2.24) is 0 Å². The van der Waals surface area contributed by atoms with E-state index in [4.69, 9.17) is 16.3 Å². The van der Waals surface area contributed by atoms with Crippen LogP contribution in [0.4, 0.5) is 11.4 Å². The maximum atomic E-state index is 12.2. The number of carbonyl (C=O) groups excluding carboxylic acids is 1. The molecule has 1 amide bonds. The highest BCUT2D eigenvalue weighted by atomic mass is 35.5. The van der Waals surface area contributed by atoms with Crippen LogP contribution >= 0.6 is 11.6 Å². The molecule has 0 radical (unpaired) electrons. The molecule has 0 aromatic heterocycles. The summed E-state index contributed by atoms with van der Waals surface area (Å²) >= 11 is 6.08. The van der Waals surface area contributed by atoms with E-state index in [1.807, 2.05) is 26.8 Å². The summed E-state index contributed by atoms with van der Waals surface area (Å²) in [5, 5.41) is 6.80. The van der Waals surface area contributed by atoms with Crippen molar-refractivity contribution in [2.75, 3.05) is 24.3 Å². The van der Waals surface area contributed by atoms with Gasteiger partial charge in [-0.15, -0.1) is 0 Å². The zero-order valence-corrected chi connectivity index (χ0v) is 15.3. The third-order valence-corrected chi connectivity index (χ3v) is 4.22. The molecule has 0 bridgehead atoms. The number of hydrogen-bond donors (Lipinski definition) is 2. The fourth-order valence-corrected chi connectivity index (χ4v) is 2.53. The highest BCUT2D eigenvalue weighted by molar-refractivity contribution is 6.31. The number of rotatable bonds is 6. The van der Waals surface area contributed by atoms with E-state index in [1.165, 1.54) is 5.56 Å². The quantitative estimate of drug-likeness (QED) is 0.796. The maximum absolute atomic E-state index is 12.2. The summed E-state index contributed by atoms with van der Waals surface area (Å²) in [4.78, 5) is 12.2. The second-order valence-corrected chi connectivity index (χ2v) is 6.25. The molecule has 0 aliphatic carbocycles. The highest BCUT2D eigenvalue weighted by Gasteiger charge is 2.10. The lowest BCUT2D eigenvalue weighted by Gasteiger charge is -2.13. The van der Waals surface area contributed by atoms with E-state index < -0.39 is 0 Å². The Morgan fingerprint density at radius 3 is 2.54 bits per heavy atom. The minimum Gasteiger partial charge on any atom is -0.495 e. The molecule has 0 fully saturated rings. The summed E-state index contributed by atoms with van der Waals surface area (Å²) in [6, 6.07) is 9.75. The van der Waals surface area contributed by atoms with Crippen LogP contribution in [0.25, 0.3) is 0 Å². The van der Waals surface area contributed by atoms with Gasteiger partial charge < -0.3 is 15.4 Å². The first kappa shape index (κ1) is 18.1. The number of amides is 1. The lowest BCUT2D eigenvalue weighted by atomic mass is 10.1. The fourth-order valence-electron chi connectivity index (χ4n) is 2.38. The van der Waals surface area contributed by atoms with Gasteiger partial charge in [-0.2, -0.15) is 0 Å². The third-order valence-electron chi connectivity index (χ3n) is 3.82. The van der Waals surface area contributed by atoms with Gasteiger partial charge in [-0.1, -0.05) is 23.7 Å². The standard InChI is InChI=1S/C19H23ClN2O2/c1-12-5-6-13(2)16(9-12)21-8-7-19(23)22-17-10-14(3)15(20)11-18(17)24-4/h5-6,9-11,21H,7-8H2,1-4H3,(H,22,23). The molecule has 2 rings (SSSR count). The number of hydrogen-bond acceptors (Lipinski definition) is 3. The predicted octanol–water partition coefficient (Wildman–Crippen LogP) is 4.71. The zero-order chi connectivity index (χ0) is 17.7. The van der Waals surface area contributed by atoms with Crippen LogP contribution in [0.15, 0.2) is 30.3 Å². The first-order valence-corrected chi connectivity index (χ1v) is 8.23. The van der Waals surface area contributed by atoms with Crippen LogP contribution in [0, 0.1) is 20.8 Å². The summed E-state index contributed by atoms with van der Waals surface area (Å²) in [6.45, 7) is 6.54. The Labute approximate surface area is 148 Å². The molecule has 0 heterocycles. The molecule has 0 aliphatic heterocycles. The van der Waals surface area contributed by atoms with Crippen LogP contribution in [0.2, 0.25) is 5.02 Å². The van der Waals surface area contributed by atoms with Crippen LogP contribution in [0.5, 0.6) is 5.75 Å². The summed E-state index contributed by atoms with van der Waals surface area (Å²) in [5.41, 5.74) is 4.94. The van der Waals surface area contributed by atoms with E-state index in [-0.39, 0.29) is 5.91 Å². The molecule has 0 aliphatic rings. The van der Waals surface area contributed by atoms with E-state index in [0.717, 1.165) is 16.8 Å². The van der Waals surface area contributed by atoms with Gasteiger partial charge in [0.2, 0.25) is 5.91 Å². The van der Waals surface area contributed by atoms with Gasteiger partial charge in [0, 0.05) is 29.7 Å². The molecular formula is C19H23ClN2O2. The van der Waals surface area contributed by atoms with Gasteiger partial charge in [0.05, 0.1) is 12.8 Å². The number of anilines is 2. The van der Waals surface area contributed by atoms with Crippen LogP contribution in [-0.2, 0) is 4.79 Å². The van der Waals surface area contributed by atoms with Crippen LogP contribution in [0.3, 0.4) is 0 Å². The molecule has 0 saturated heterocycles. The van der Waals surface area contributed by atoms with Crippen molar-refractivity contribution >= 4 is 28.9 Å². The smallest absolute Gasteiger partial charge is 0.226 e. The minimum absolute atomic E-state index is 0.0761. The Hall–Kier alpha value is -2.20. The van der Waals surface area contributed by atoms with Gasteiger partial charge in [0.15, 0.2) is 0 Å². The Bertz CT molecular complexity index is 744. The van der Waals surface area contributed by atoms with Crippen molar-refractivity contribution in [3.63, 3.8) is 0 Å². The summed E-state index contributed by atoms with van der Waals surface area (Å²) in [7, 11) is 1.55. The van der Waals surface area contributed by atoms with Crippen LogP contribution in [0.1, 0.15) is 23.1 Å². The van der Waals surface area contributed by atoms with Gasteiger partial charge in [0.1, 0.15) is 5.75 Å². The van der Waals surface area contributed by atoms with E-state index in [1.54, 1.807) is 13.2 Å². The van der Waals surface area contributed by atoms with Gasteiger partial charge in [-0.25, -0.2) is 0 Å². The number of benzene rings is 2. The molecular weight excluding hydrogens is 324 g/mol. The third kappa shape index (κ3) is 4.65. The first-order valence-electron chi connectivity index (χ1n) is 7.86. The number of methoxy groups -OCH3 is 1. The summed E-state index contributed by atoms with van der Waals surface area (Å²) < 4.78 is 5.27. The van der Waals surface area contributed by atoms with Crippen molar-refractivity contribution in [3.8, 4) is 5.75 Å². The maximum Gasteiger partial charge on any atom is 0.226 e. The SMILES string of the molecule is COc1cc(Cl)c(C)cc1NC(=O)CCNc1cc(C)ccc1C. The predicted molar refractivity (Wildman–Crippen MR) is 100 cm³/mol. The molecule has 4 nitrogen and oxygen atoms in total. The van der Waals surface area contributed by atoms with Crippen molar-refractivity contribution in [3.05, 3.63) is 52.0 Å². The topological polar surface area (TPSA) is 50.4 Å². The van der Waals surface area contributed by atoms with E-state index in [9.17, 15) is 4.79 Å².